The Balaban J connectivity index is 2.51. The van der Waals surface area contributed by atoms with Gasteiger partial charge in [0.15, 0.2) is 0 Å². The van der Waals surface area contributed by atoms with Crippen molar-refractivity contribution in [3.63, 3.8) is 0 Å². The number of anilines is 1. The van der Waals surface area contributed by atoms with Crippen molar-refractivity contribution in [3.05, 3.63) is 29.5 Å². The molecular weight excluding hydrogens is 262 g/mol. The lowest BCUT2D eigenvalue weighted by Gasteiger charge is -2.21. The minimum absolute atomic E-state index is 0.456. The van der Waals surface area contributed by atoms with Gasteiger partial charge in [0, 0.05) is 26.0 Å². The van der Waals surface area contributed by atoms with Crippen LogP contribution in [-0.4, -0.2) is 25.7 Å². The van der Waals surface area contributed by atoms with Gasteiger partial charge in [-0.2, -0.15) is 0 Å². The number of benzene rings is 1. The van der Waals surface area contributed by atoms with Crippen LogP contribution >= 0.6 is 0 Å². The lowest BCUT2D eigenvalue weighted by atomic mass is 10.1. The van der Waals surface area contributed by atoms with E-state index in [1.165, 1.54) is 5.69 Å². The number of nitrogens with two attached hydrogens (primary N) is 1. The van der Waals surface area contributed by atoms with Crippen molar-refractivity contribution < 1.29 is 4.74 Å². The Kier molecular flexibility index (Phi) is 5.02. The van der Waals surface area contributed by atoms with Crippen molar-refractivity contribution in [1.82, 2.24) is 4.98 Å². The normalized spacial score (nSPS) is 10.9. The van der Waals surface area contributed by atoms with Gasteiger partial charge in [-0.1, -0.05) is 13.3 Å². The molecule has 0 amide bonds. The number of pyridine rings is 1. The quantitative estimate of drug-likeness (QED) is 0.829. The number of aromatic nitrogens is 1. The van der Waals surface area contributed by atoms with Gasteiger partial charge in [-0.15, -0.1) is 0 Å². The van der Waals surface area contributed by atoms with Crippen LogP contribution in [0.4, 0.5) is 5.69 Å². The molecule has 0 atom stereocenters. The highest BCUT2D eigenvalue weighted by Gasteiger charge is 2.13. The van der Waals surface area contributed by atoms with Gasteiger partial charge < -0.3 is 15.4 Å². The zero-order valence-electron chi connectivity index (χ0n) is 13.4. The molecule has 0 spiro atoms. The Morgan fingerprint density at radius 1 is 1.29 bits per heavy atom. The summed E-state index contributed by atoms with van der Waals surface area (Å²) in [6.45, 7) is 5.45. The van der Waals surface area contributed by atoms with E-state index in [0.29, 0.717) is 6.54 Å². The fourth-order valence-corrected chi connectivity index (χ4v) is 2.57. The molecule has 114 valence electrons. The van der Waals surface area contributed by atoms with Crippen LogP contribution in [-0.2, 0) is 6.54 Å². The molecule has 0 aliphatic carbocycles. The van der Waals surface area contributed by atoms with Crippen molar-refractivity contribution in [3.8, 4) is 5.75 Å². The molecule has 4 heteroatoms. The molecule has 4 nitrogen and oxygen atoms in total. The number of nitrogens with zero attached hydrogens (tertiary/aromatic N) is 2. The number of hydrogen-bond acceptors (Lipinski definition) is 4. The second-order valence-electron chi connectivity index (χ2n) is 5.51. The molecule has 0 bridgehead atoms. The summed E-state index contributed by atoms with van der Waals surface area (Å²) in [6, 6.07) is 6.09. The van der Waals surface area contributed by atoms with Crippen LogP contribution in [0.15, 0.2) is 18.2 Å². The molecule has 0 radical (unpaired) electrons. The molecule has 2 rings (SSSR count). The third kappa shape index (κ3) is 3.27. The summed E-state index contributed by atoms with van der Waals surface area (Å²) in [5.74, 6) is 0.903. The molecule has 0 saturated carbocycles. The lowest BCUT2D eigenvalue weighted by Crippen LogP contribution is -2.14. The highest BCUT2D eigenvalue weighted by Crippen LogP contribution is 2.32. The maximum atomic E-state index is 5.82. The standard InChI is InChI=1S/C17H25N3O/c1-5-6-9-21-13-7-8-15-14(10-13)17(20(3)4)12(2)16(11-18)19-15/h7-8,10H,5-6,9,11,18H2,1-4H3. The predicted octanol–water partition coefficient (Wildman–Crippen LogP) is 3.25. The van der Waals surface area contributed by atoms with Gasteiger partial charge >= 0.3 is 0 Å². The van der Waals surface area contributed by atoms with Crippen LogP contribution < -0.4 is 15.4 Å². The Labute approximate surface area is 126 Å². The predicted molar refractivity (Wildman–Crippen MR) is 89.1 cm³/mol. The van der Waals surface area contributed by atoms with E-state index < -0.39 is 0 Å². The van der Waals surface area contributed by atoms with E-state index >= 15 is 0 Å². The number of unbranched alkanes of at least 4 members (excludes halogenated alkanes) is 1. The molecule has 2 N–H and O–H groups in total. The van der Waals surface area contributed by atoms with Gasteiger partial charge in [0.05, 0.1) is 23.5 Å². The van der Waals surface area contributed by atoms with Gasteiger partial charge in [-0.3, -0.25) is 4.98 Å². The zero-order chi connectivity index (χ0) is 15.4. The summed E-state index contributed by atoms with van der Waals surface area (Å²) in [5, 5.41) is 1.11. The minimum Gasteiger partial charge on any atom is -0.494 e. The first kappa shape index (κ1) is 15.6. The van der Waals surface area contributed by atoms with Gasteiger partial charge in [0.1, 0.15) is 5.75 Å². The van der Waals surface area contributed by atoms with E-state index in [1.54, 1.807) is 0 Å². The largest absolute Gasteiger partial charge is 0.494 e. The van der Waals surface area contributed by atoms with E-state index in [2.05, 4.69) is 29.8 Å². The van der Waals surface area contributed by atoms with Crippen molar-refractivity contribution >= 4 is 16.6 Å². The maximum Gasteiger partial charge on any atom is 0.120 e. The molecule has 2 aromatic rings. The van der Waals surface area contributed by atoms with Gasteiger partial charge in [0.2, 0.25) is 0 Å². The fraction of sp³-hybridized carbons (Fsp3) is 0.471. The Bertz CT molecular complexity index is 623. The molecule has 1 aromatic heterocycles. The van der Waals surface area contributed by atoms with Crippen LogP contribution in [0, 0.1) is 6.92 Å². The van der Waals surface area contributed by atoms with E-state index in [1.807, 2.05) is 26.2 Å². The van der Waals surface area contributed by atoms with Crippen LogP contribution in [0.2, 0.25) is 0 Å². The molecule has 21 heavy (non-hydrogen) atoms. The highest BCUT2D eigenvalue weighted by molar-refractivity contribution is 5.94. The second kappa shape index (κ2) is 6.76. The monoisotopic (exact) mass is 287 g/mol. The Morgan fingerprint density at radius 3 is 2.67 bits per heavy atom. The summed E-state index contributed by atoms with van der Waals surface area (Å²) in [4.78, 5) is 6.79. The first-order valence-electron chi connectivity index (χ1n) is 7.51. The van der Waals surface area contributed by atoms with E-state index in [4.69, 9.17) is 10.5 Å². The van der Waals surface area contributed by atoms with Crippen LogP contribution in [0.1, 0.15) is 31.0 Å². The average molecular weight is 287 g/mol. The van der Waals surface area contributed by atoms with Crippen LogP contribution in [0.3, 0.4) is 0 Å². The third-order valence-electron chi connectivity index (χ3n) is 3.67. The van der Waals surface area contributed by atoms with E-state index in [0.717, 1.165) is 47.4 Å². The molecule has 0 saturated heterocycles. The molecule has 1 heterocycles. The third-order valence-corrected chi connectivity index (χ3v) is 3.67. The highest BCUT2D eigenvalue weighted by atomic mass is 16.5. The minimum atomic E-state index is 0.456. The van der Waals surface area contributed by atoms with Crippen LogP contribution in [0.5, 0.6) is 5.75 Å². The summed E-state index contributed by atoms with van der Waals surface area (Å²) in [5.41, 5.74) is 10.0. The number of hydrogen-bond donors (Lipinski definition) is 1. The maximum absolute atomic E-state index is 5.82. The number of ether oxygens (including phenoxy) is 1. The first-order chi connectivity index (χ1) is 10.1. The summed E-state index contributed by atoms with van der Waals surface area (Å²) in [6.07, 6.45) is 2.21. The summed E-state index contributed by atoms with van der Waals surface area (Å²) >= 11 is 0. The average Bonchev–Trinajstić information content (AvgIpc) is 2.46. The van der Waals surface area contributed by atoms with Gasteiger partial charge in [0.25, 0.3) is 0 Å². The molecule has 0 aliphatic rings. The zero-order valence-corrected chi connectivity index (χ0v) is 13.4. The molecule has 0 fully saturated rings. The van der Waals surface area contributed by atoms with Crippen molar-refractivity contribution in [2.75, 3.05) is 25.6 Å². The van der Waals surface area contributed by atoms with Crippen molar-refractivity contribution in [2.24, 2.45) is 5.73 Å². The van der Waals surface area contributed by atoms with Gasteiger partial charge in [-0.25, -0.2) is 0 Å². The summed E-state index contributed by atoms with van der Waals surface area (Å²) < 4.78 is 5.81. The number of rotatable bonds is 6. The molecule has 0 aliphatic heterocycles. The topological polar surface area (TPSA) is 51.4 Å². The van der Waals surface area contributed by atoms with Gasteiger partial charge in [-0.05, 0) is 37.1 Å². The first-order valence-corrected chi connectivity index (χ1v) is 7.51. The fourth-order valence-electron chi connectivity index (χ4n) is 2.57. The molecule has 0 unspecified atom stereocenters. The smallest absolute Gasteiger partial charge is 0.120 e. The Morgan fingerprint density at radius 2 is 2.05 bits per heavy atom. The number of fused-ring (bicyclic) bond motifs is 1. The molecular formula is C17H25N3O. The molecule has 1 aromatic carbocycles. The van der Waals surface area contributed by atoms with E-state index in [9.17, 15) is 0 Å². The lowest BCUT2D eigenvalue weighted by molar-refractivity contribution is 0.310. The SMILES string of the molecule is CCCCOc1ccc2nc(CN)c(C)c(N(C)C)c2c1. The summed E-state index contributed by atoms with van der Waals surface area (Å²) in [7, 11) is 4.10. The van der Waals surface area contributed by atoms with Crippen molar-refractivity contribution in [1.29, 1.82) is 0 Å². The second-order valence-corrected chi connectivity index (χ2v) is 5.51. The van der Waals surface area contributed by atoms with Crippen molar-refractivity contribution in [2.45, 2.75) is 33.2 Å². The van der Waals surface area contributed by atoms with E-state index in [-0.39, 0.29) is 0 Å². The Hall–Kier alpha value is -1.81. The van der Waals surface area contributed by atoms with Crippen LogP contribution in [0.25, 0.3) is 10.9 Å².